The summed E-state index contributed by atoms with van der Waals surface area (Å²) in [6.07, 6.45) is 2.19. The minimum Gasteiger partial charge on any atom is -0.495 e. The summed E-state index contributed by atoms with van der Waals surface area (Å²) < 4.78 is 11.5. The fourth-order valence-corrected chi connectivity index (χ4v) is 2.95. The molecule has 106 valence electrons. The van der Waals surface area contributed by atoms with Gasteiger partial charge >= 0.3 is 0 Å². The maximum absolute atomic E-state index is 6.14. The second-order valence-electron chi connectivity index (χ2n) is 4.01. The van der Waals surface area contributed by atoms with E-state index in [9.17, 15) is 0 Å². The van der Waals surface area contributed by atoms with E-state index in [0.29, 0.717) is 16.7 Å². The quantitative estimate of drug-likeness (QED) is 0.771. The van der Waals surface area contributed by atoms with Crippen molar-refractivity contribution in [3.05, 3.63) is 33.6 Å². The van der Waals surface area contributed by atoms with Gasteiger partial charge < -0.3 is 9.47 Å². The molecule has 20 heavy (non-hydrogen) atoms. The van der Waals surface area contributed by atoms with Gasteiger partial charge in [0.05, 0.1) is 19.9 Å². The zero-order valence-electron chi connectivity index (χ0n) is 11.4. The molecule has 0 saturated carbocycles. The van der Waals surface area contributed by atoms with Gasteiger partial charge in [0.1, 0.15) is 27.5 Å². The molecule has 0 amide bonds. The van der Waals surface area contributed by atoms with Gasteiger partial charge in [0.2, 0.25) is 0 Å². The Hall–Kier alpha value is -1.33. The lowest BCUT2D eigenvalue weighted by Gasteiger charge is -2.15. The third-order valence-corrected chi connectivity index (χ3v) is 4.06. The normalized spacial score (nSPS) is 10.4. The van der Waals surface area contributed by atoms with Crippen LogP contribution in [0, 0.1) is 0 Å². The first kappa shape index (κ1) is 15.1. The maximum Gasteiger partial charge on any atom is 0.146 e. The molecule has 0 aliphatic carbocycles. The molecular weight excluding hydrogens is 344 g/mol. The van der Waals surface area contributed by atoms with Crippen LogP contribution in [0.5, 0.6) is 11.5 Å². The summed E-state index contributed by atoms with van der Waals surface area (Å²) >= 11 is 9.63. The third kappa shape index (κ3) is 2.60. The van der Waals surface area contributed by atoms with Gasteiger partial charge in [-0.3, -0.25) is 0 Å². The number of ether oxygens (including phenoxy) is 2. The summed E-state index contributed by atoms with van der Waals surface area (Å²) in [6.45, 7) is 2.01. The van der Waals surface area contributed by atoms with E-state index < -0.39 is 0 Å². The molecule has 0 aliphatic heterocycles. The van der Waals surface area contributed by atoms with Gasteiger partial charge in [0, 0.05) is 11.1 Å². The predicted molar refractivity (Wildman–Crippen MR) is 82.7 cm³/mol. The van der Waals surface area contributed by atoms with Gasteiger partial charge in [0.15, 0.2) is 0 Å². The van der Waals surface area contributed by atoms with E-state index in [1.807, 2.05) is 19.1 Å². The van der Waals surface area contributed by atoms with E-state index in [1.165, 1.54) is 6.33 Å². The molecule has 0 aliphatic rings. The van der Waals surface area contributed by atoms with Crippen molar-refractivity contribution in [1.82, 2.24) is 9.97 Å². The fraction of sp³-hybridized carbons (Fsp3) is 0.286. The van der Waals surface area contributed by atoms with Crippen molar-refractivity contribution in [3.63, 3.8) is 0 Å². The highest BCUT2D eigenvalue weighted by atomic mass is 79.9. The van der Waals surface area contributed by atoms with E-state index in [1.54, 1.807) is 14.2 Å². The number of nitrogens with zero attached hydrogens (tertiary/aromatic N) is 2. The van der Waals surface area contributed by atoms with Gasteiger partial charge in [-0.15, -0.1) is 0 Å². The van der Waals surface area contributed by atoms with Gasteiger partial charge in [-0.2, -0.15) is 0 Å². The van der Waals surface area contributed by atoms with Crippen LogP contribution in [-0.4, -0.2) is 24.2 Å². The van der Waals surface area contributed by atoms with Gasteiger partial charge in [-0.1, -0.05) is 18.5 Å². The molecule has 6 heteroatoms. The van der Waals surface area contributed by atoms with Crippen LogP contribution in [0.2, 0.25) is 5.15 Å². The van der Waals surface area contributed by atoms with Crippen molar-refractivity contribution < 1.29 is 9.47 Å². The minimum atomic E-state index is 0.464. The second kappa shape index (κ2) is 6.41. The monoisotopic (exact) mass is 356 g/mol. The number of hydrogen-bond acceptors (Lipinski definition) is 4. The maximum atomic E-state index is 6.14. The Labute approximate surface area is 131 Å². The number of halogens is 2. The van der Waals surface area contributed by atoms with E-state index >= 15 is 0 Å². The first-order valence-electron chi connectivity index (χ1n) is 6.04. The van der Waals surface area contributed by atoms with Crippen molar-refractivity contribution in [3.8, 4) is 22.8 Å². The first-order chi connectivity index (χ1) is 9.63. The molecule has 4 nitrogen and oxygen atoms in total. The van der Waals surface area contributed by atoms with Crippen LogP contribution < -0.4 is 9.47 Å². The largest absolute Gasteiger partial charge is 0.495 e. The summed E-state index contributed by atoms with van der Waals surface area (Å²) in [4.78, 5) is 8.37. The number of benzene rings is 1. The Bertz CT molecular complexity index is 635. The fourth-order valence-electron chi connectivity index (χ4n) is 2.02. The van der Waals surface area contributed by atoms with E-state index in [0.717, 1.165) is 27.7 Å². The molecule has 0 N–H and O–H groups in total. The second-order valence-corrected chi connectivity index (χ2v) is 5.16. The summed E-state index contributed by atoms with van der Waals surface area (Å²) in [5, 5.41) is 0.464. The Kier molecular flexibility index (Phi) is 4.83. The minimum absolute atomic E-state index is 0.464. The highest BCUT2D eigenvalue weighted by Gasteiger charge is 2.18. The average molecular weight is 358 g/mol. The number of rotatable bonds is 4. The summed E-state index contributed by atoms with van der Waals surface area (Å²) in [5.74, 6) is 1.36. The van der Waals surface area contributed by atoms with E-state index in [-0.39, 0.29) is 0 Å². The van der Waals surface area contributed by atoms with Gasteiger partial charge in [-0.05, 0) is 34.5 Å². The number of aromatic nitrogens is 2. The molecule has 0 radical (unpaired) electrons. The molecule has 1 aromatic carbocycles. The van der Waals surface area contributed by atoms with Crippen molar-refractivity contribution in [2.45, 2.75) is 13.3 Å². The zero-order chi connectivity index (χ0) is 14.7. The highest BCUT2D eigenvalue weighted by Crippen LogP contribution is 2.42. The third-order valence-electron chi connectivity index (χ3n) is 2.99. The van der Waals surface area contributed by atoms with E-state index in [2.05, 4.69) is 25.9 Å². The summed E-state index contributed by atoms with van der Waals surface area (Å²) in [5.41, 5.74) is 2.51. The molecular formula is C14H14BrClN2O2. The standard InChI is InChI=1S/C14H14BrClN2O2/c1-4-8-12(17-7-18-14(8)16)9-5-6-10(19-2)11(15)13(9)20-3/h5-7H,4H2,1-3H3. The van der Waals surface area contributed by atoms with Crippen LogP contribution in [0.25, 0.3) is 11.3 Å². The van der Waals surface area contributed by atoms with Crippen LogP contribution in [0.4, 0.5) is 0 Å². The molecule has 0 fully saturated rings. The van der Waals surface area contributed by atoms with E-state index in [4.69, 9.17) is 21.1 Å². The zero-order valence-corrected chi connectivity index (χ0v) is 13.7. The molecule has 0 spiro atoms. The molecule has 0 unspecified atom stereocenters. The first-order valence-corrected chi connectivity index (χ1v) is 7.21. The lowest BCUT2D eigenvalue weighted by Crippen LogP contribution is -1.99. The van der Waals surface area contributed by atoms with Gasteiger partial charge in [-0.25, -0.2) is 9.97 Å². The van der Waals surface area contributed by atoms with Crippen LogP contribution in [-0.2, 0) is 6.42 Å². The summed E-state index contributed by atoms with van der Waals surface area (Å²) in [7, 11) is 3.22. The van der Waals surface area contributed by atoms with Crippen LogP contribution >= 0.6 is 27.5 Å². The lowest BCUT2D eigenvalue weighted by atomic mass is 10.0. The summed E-state index contributed by atoms with van der Waals surface area (Å²) in [6, 6.07) is 3.76. The molecule has 0 atom stereocenters. The predicted octanol–water partition coefficient (Wildman–Crippen LogP) is 4.14. The molecule has 0 bridgehead atoms. The molecule has 0 saturated heterocycles. The molecule has 1 aromatic heterocycles. The SMILES string of the molecule is CCc1c(Cl)ncnc1-c1ccc(OC)c(Br)c1OC. The number of methoxy groups -OCH3 is 2. The Morgan fingerprint density at radius 3 is 2.55 bits per heavy atom. The van der Waals surface area contributed by atoms with Crippen LogP contribution in [0.3, 0.4) is 0 Å². The Morgan fingerprint density at radius 2 is 1.95 bits per heavy atom. The molecule has 2 rings (SSSR count). The smallest absolute Gasteiger partial charge is 0.146 e. The topological polar surface area (TPSA) is 44.2 Å². The van der Waals surface area contributed by atoms with Crippen molar-refractivity contribution in [1.29, 1.82) is 0 Å². The van der Waals surface area contributed by atoms with Crippen LogP contribution in [0.1, 0.15) is 12.5 Å². The molecule has 1 heterocycles. The Balaban J connectivity index is 2.70. The van der Waals surface area contributed by atoms with Gasteiger partial charge in [0.25, 0.3) is 0 Å². The molecule has 2 aromatic rings. The number of hydrogen-bond donors (Lipinski definition) is 0. The van der Waals surface area contributed by atoms with Crippen LogP contribution in [0.15, 0.2) is 22.9 Å². The van der Waals surface area contributed by atoms with Crippen molar-refractivity contribution in [2.75, 3.05) is 14.2 Å². The average Bonchev–Trinajstić information content (AvgIpc) is 2.46. The van der Waals surface area contributed by atoms with Crippen molar-refractivity contribution >= 4 is 27.5 Å². The highest BCUT2D eigenvalue weighted by molar-refractivity contribution is 9.10. The Morgan fingerprint density at radius 1 is 1.20 bits per heavy atom. The van der Waals surface area contributed by atoms with Crippen molar-refractivity contribution in [2.24, 2.45) is 0 Å². The lowest BCUT2D eigenvalue weighted by molar-refractivity contribution is 0.390.